The number of halogens is 2. The number of hydrogen-bond acceptors (Lipinski definition) is 4. The molecule has 1 aliphatic rings. The van der Waals surface area contributed by atoms with Gasteiger partial charge in [-0.1, -0.05) is 78.4 Å². The maximum absolute atomic E-state index is 6.05. The number of hydrogen-bond donors (Lipinski definition) is 0. The van der Waals surface area contributed by atoms with Crippen LogP contribution < -0.4 is 4.74 Å². The zero-order valence-electron chi connectivity index (χ0n) is 21.3. The Balaban J connectivity index is 0.00000228. The van der Waals surface area contributed by atoms with E-state index in [1.54, 1.807) is 0 Å². The molecule has 0 N–H and O–H groups in total. The summed E-state index contributed by atoms with van der Waals surface area (Å²) < 4.78 is 12.1. The maximum atomic E-state index is 6.05. The van der Waals surface area contributed by atoms with E-state index in [2.05, 4.69) is 59.2 Å². The van der Waals surface area contributed by atoms with Crippen molar-refractivity contribution in [2.24, 2.45) is 0 Å². The van der Waals surface area contributed by atoms with Gasteiger partial charge in [0.05, 0.1) is 13.2 Å². The minimum absolute atomic E-state index is 0. The Bertz CT molecular complexity index is 978. The standard InChI is InChI=1S/C30H38N2O2.2ClH/c1-26-13-15-27(16-14-26)10-7-17-31-18-20-32(21-19-31)22-23-33-25-29-11-5-6-12-30(29)34-24-28-8-3-2-4-9-28;;/h2-6,8-9,11-16H,7,10,17-25H2,1H3;2*1H. The lowest BCUT2D eigenvalue weighted by atomic mass is 10.1. The molecule has 0 radical (unpaired) electrons. The zero-order valence-corrected chi connectivity index (χ0v) is 22.9. The largest absolute Gasteiger partial charge is 0.489 e. The average Bonchev–Trinajstić information content (AvgIpc) is 2.88. The van der Waals surface area contributed by atoms with Crippen molar-refractivity contribution in [2.45, 2.75) is 33.0 Å². The highest BCUT2D eigenvalue weighted by atomic mass is 35.5. The van der Waals surface area contributed by atoms with E-state index in [9.17, 15) is 0 Å². The number of para-hydroxylation sites is 1. The predicted octanol–water partition coefficient (Wildman–Crippen LogP) is 6.18. The smallest absolute Gasteiger partial charge is 0.125 e. The fourth-order valence-electron chi connectivity index (χ4n) is 4.37. The molecule has 1 saturated heterocycles. The van der Waals surface area contributed by atoms with Gasteiger partial charge in [0, 0.05) is 38.3 Å². The highest BCUT2D eigenvalue weighted by molar-refractivity contribution is 5.85. The van der Waals surface area contributed by atoms with Gasteiger partial charge >= 0.3 is 0 Å². The summed E-state index contributed by atoms with van der Waals surface area (Å²) in [4.78, 5) is 5.13. The Morgan fingerprint density at radius 3 is 2.03 bits per heavy atom. The number of aryl methyl sites for hydroxylation is 2. The van der Waals surface area contributed by atoms with Gasteiger partial charge in [0.15, 0.2) is 0 Å². The predicted molar refractivity (Wildman–Crippen MR) is 154 cm³/mol. The second-order valence-corrected chi connectivity index (χ2v) is 9.21. The van der Waals surface area contributed by atoms with E-state index in [4.69, 9.17) is 9.47 Å². The van der Waals surface area contributed by atoms with Crippen molar-refractivity contribution in [1.29, 1.82) is 0 Å². The van der Waals surface area contributed by atoms with Crippen molar-refractivity contribution in [3.05, 3.63) is 101 Å². The SMILES string of the molecule is Cc1ccc(CCCN2CCN(CCOCc3ccccc3OCc3ccccc3)CC2)cc1.Cl.Cl. The molecule has 0 spiro atoms. The molecule has 4 nitrogen and oxygen atoms in total. The fourth-order valence-corrected chi connectivity index (χ4v) is 4.37. The van der Waals surface area contributed by atoms with Crippen LogP contribution in [-0.4, -0.2) is 55.7 Å². The van der Waals surface area contributed by atoms with Crippen LogP contribution in [0.2, 0.25) is 0 Å². The third-order valence-corrected chi connectivity index (χ3v) is 6.54. The molecule has 4 rings (SSSR count). The third kappa shape index (κ3) is 10.1. The zero-order chi connectivity index (χ0) is 23.4. The van der Waals surface area contributed by atoms with Gasteiger partial charge in [0.1, 0.15) is 12.4 Å². The molecule has 6 heteroatoms. The van der Waals surface area contributed by atoms with Crippen molar-refractivity contribution in [3.63, 3.8) is 0 Å². The van der Waals surface area contributed by atoms with E-state index in [-0.39, 0.29) is 24.8 Å². The molecule has 1 aliphatic heterocycles. The van der Waals surface area contributed by atoms with E-state index >= 15 is 0 Å². The van der Waals surface area contributed by atoms with Crippen LogP contribution in [0.5, 0.6) is 5.75 Å². The Morgan fingerprint density at radius 2 is 1.31 bits per heavy atom. The number of rotatable bonds is 12. The van der Waals surface area contributed by atoms with E-state index < -0.39 is 0 Å². The van der Waals surface area contributed by atoms with Gasteiger partial charge < -0.3 is 14.4 Å². The van der Waals surface area contributed by atoms with Gasteiger partial charge in [-0.15, -0.1) is 24.8 Å². The molecule has 196 valence electrons. The molecule has 0 aliphatic carbocycles. The summed E-state index contributed by atoms with van der Waals surface area (Å²) >= 11 is 0. The van der Waals surface area contributed by atoms with Crippen molar-refractivity contribution >= 4 is 24.8 Å². The maximum Gasteiger partial charge on any atom is 0.125 e. The molecule has 1 fully saturated rings. The van der Waals surface area contributed by atoms with Crippen LogP contribution in [0.1, 0.15) is 28.7 Å². The molecule has 0 unspecified atom stereocenters. The van der Waals surface area contributed by atoms with Gasteiger partial charge in [0.25, 0.3) is 0 Å². The number of nitrogens with zero attached hydrogens (tertiary/aromatic N) is 2. The molecular formula is C30H40Cl2N2O2. The Kier molecular flexibility index (Phi) is 13.9. The Morgan fingerprint density at radius 1 is 0.667 bits per heavy atom. The molecule has 0 bridgehead atoms. The Labute approximate surface area is 229 Å². The Hall–Kier alpha value is -2.08. The van der Waals surface area contributed by atoms with Crippen molar-refractivity contribution in [3.8, 4) is 5.75 Å². The number of ether oxygens (including phenoxy) is 2. The van der Waals surface area contributed by atoms with E-state index in [1.807, 2.05) is 36.4 Å². The fraction of sp³-hybridized carbons (Fsp3) is 0.400. The molecule has 36 heavy (non-hydrogen) atoms. The molecule has 0 atom stereocenters. The monoisotopic (exact) mass is 530 g/mol. The van der Waals surface area contributed by atoms with Gasteiger partial charge in [-0.25, -0.2) is 0 Å². The molecule has 0 saturated carbocycles. The van der Waals surface area contributed by atoms with Gasteiger partial charge in [-0.05, 0) is 43.5 Å². The summed E-state index contributed by atoms with van der Waals surface area (Å²) in [5.74, 6) is 0.908. The summed E-state index contributed by atoms with van der Waals surface area (Å²) in [5, 5.41) is 0. The van der Waals surface area contributed by atoms with Gasteiger partial charge in [-0.2, -0.15) is 0 Å². The molecular weight excluding hydrogens is 491 g/mol. The van der Waals surface area contributed by atoms with Crippen LogP contribution >= 0.6 is 24.8 Å². The van der Waals surface area contributed by atoms with Crippen LogP contribution in [0.4, 0.5) is 0 Å². The first-order chi connectivity index (χ1) is 16.8. The quantitative estimate of drug-likeness (QED) is 0.261. The molecule has 1 heterocycles. The van der Waals surface area contributed by atoms with Crippen LogP contribution in [0.3, 0.4) is 0 Å². The van der Waals surface area contributed by atoms with Gasteiger partial charge in [-0.3, -0.25) is 4.90 Å². The second kappa shape index (κ2) is 16.6. The van der Waals surface area contributed by atoms with Gasteiger partial charge in [0.2, 0.25) is 0 Å². The normalized spacial score (nSPS) is 14.0. The minimum Gasteiger partial charge on any atom is -0.489 e. The topological polar surface area (TPSA) is 24.9 Å². The van der Waals surface area contributed by atoms with Crippen LogP contribution in [-0.2, 0) is 24.4 Å². The highest BCUT2D eigenvalue weighted by Gasteiger charge is 2.16. The van der Waals surface area contributed by atoms with Crippen molar-refractivity contribution in [1.82, 2.24) is 9.80 Å². The summed E-state index contributed by atoms with van der Waals surface area (Å²) in [6.07, 6.45) is 2.41. The van der Waals surface area contributed by atoms with E-state index in [1.165, 1.54) is 36.1 Å². The van der Waals surface area contributed by atoms with Crippen LogP contribution in [0.15, 0.2) is 78.9 Å². The molecule has 0 amide bonds. The van der Waals surface area contributed by atoms with E-state index in [0.29, 0.717) is 13.2 Å². The van der Waals surface area contributed by atoms with Crippen LogP contribution in [0.25, 0.3) is 0 Å². The minimum atomic E-state index is 0. The summed E-state index contributed by atoms with van der Waals surface area (Å²) in [7, 11) is 0. The highest BCUT2D eigenvalue weighted by Crippen LogP contribution is 2.20. The first-order valence-corrected chi connectivity index (χ1v) is 12.6. The van der Waals surface area contributed by atoms with Crippen LogP contribution in [0, 0.1) is 6.92 Å². The molecule has 3 aromatic carbocycles. The van der Waals surface area contributed by atoms with E-state index in [0.717, 1.165) is 50.6 Å². The second-order valence-electron chi connectivity index (χ2n) is 9.21. The van der Waals surface area contributed by atoms with Crippen molar-refractivity contribution < 1.29 is 9.47 Å². The molecule has 3 aromatic rings. The lowest BCUT2D eigenvalue weighted by Gasteiger charge is -2.34. The summed E-state index contributed by atoms with van der Waals surface area (Å²) in [5.41, 5.74) is 5.07. The number of piperazine rings is 1. The van der Waals surface area contributed by atoms with Crippen molar-refractivity contribution in [2.75, 3.05) is 45.9 Å². The molecule has 0 aromatic heterocycles. The first kappa shape index (κ1) is 30.1. The lowest BCUT2D eigenvalue weighted by molar-refractivity contribution is 0.0672. The average molecular weight is 532 g/mol. The summed E-state index contributed by atoms with van der Waals surface area (Å²) in [6, 6.07) is 27.4. The lowest BCUT2D eigenvalue weighted by Crippen LogP contribution is -2.47. The third-order valence-electron chi connectivity index (χ3n) is 6.54. The number of benzene rings is 3. The summed E-state index contributed by atoms with van der Waals surface area (Å²) in [6.45, 7) is 10.8. The first-order valence-electron chi connectivity index (χ1n) is 12.6.